The normalized spacial score (nSPS) is 22.3. The second kappa shape index (κ2) is 6.90. The zero-order chi connectivity index (χ0) is 11.1. The van der Waals surface area contributed by atoms with Crippen LogP contribution >= 0.6 is 11.8 Å². The van der Waals surface area contributed by atoms with E-state index >= 15 is 0 Å². The Morgan fingerprint density at radius 2 is 2.53 bits per heavy atom. The molecule has 1 heterocycles. The summed E-state index contributed by atoms with van der Waals surface area (Å²) in [5, 5.41) is 0. The Bertz CT molecular complexity index is 221. The van der Waals surface area contributed by atoms with Crippen molar-refractivity contribution in [3.05, 3.63) is 12.7 Å². The summed E-state index contributed by atoms with van der Waals surface area (Å²) >= 11 is 1.92. The topological polar surface area (TPSA) is 29.5 Å². The van der Waals surface area contributed by atoms with Crippen LogP contribution < -0.4 is 0 Å². The molecule has 1 atom stereocenters. The molecule has 1 rings (SSSR count). The van der Waals surface area contributed by atoms with Crippen molar-refractivity contribution in [1.29, 1.82) is 0 Å². The molecule has 3 nitrogen and oxygen atoms in total. The zero-order valence-electron chi connectivity index (χ0n) is 9.28. The minimum atomic E-state index is -0.105. The molecule has 15 heavy (non-hydrogen) atoms. The van der Waals surface area contributed by atoms with Crippen molar-refractivity contribution in [1.82, 2.24) is 4.90 Å². The van der Waals surface area contributed by atoms with Gasteiger partial charge < -0.3 is 4.74 Å². The first-order chi connectivity index (χ1) is 7.27. The van der Waals surface area contributed by atoms with Gasteiger partial charge >= 0.3 is 5.97 Å². The van der Waals surface area contributed by atoms with Crippen LogP contribution in [0.4, 0.5) is 0 Å². The molecule has 0 aromatic rings. The van der Waals surface area contributed by atoms with Crippen LogP contribution in [0.1, 0.15) is 12.8 Å². The highest BCUT2D eigenvalue weighted by Crippen LogP contribution is 2.19. The van der Waals surface area contributed by atoms with E-state index < -0.39 is 0 Å². The van der Waals surface area contributed by atoms with Crippen molar-refractivity contribution in [2.75, 3.05) is 31.7 Å². The highest BCUT2D eigenvalue weighted by molar-refractivity contribution is 7.99. The van der Waals surface area contributed by atoms with E-state index in [4.69, 9.17) is 4.74 Å². The molecule has 1 unspecified atom stereocenters. The van der Waals surface area contributed by atoms with E-state index in [2.05, 4.69) is 11.5 Å². The van der Waals surface area contributed by atoms with Gasteiger partial charge in [0.05, 0.1) is 13.5 Å². The molecule has 0 aromatic heterocycles. The zero-order valence-corrected chi connectivity index (χ0v) is 10.1. The minimum Gasteiger partial charge on any atom is -0.469 e. The van der Waals surface area contributed by atoms with Gasteiger partial charge in [-0.05, 0) is 6.42 Å². The first kappa shape index (κ1) is 12.6. The van der Waals surface area contributed by atoms with Gasteiger partial charge in [0.25, 0.3) is 0 Å². The predicted molar refractivity (Wildman–Crippen MR) is 64.1 cm³/mol. The second-order valence-corrected chi connectivity index (χ2v) is 4.77. The Morgan fingerprint density at radius 3 is 3.20 bits per heavy atom. The van der Waals surface area contributed by atoms with Crippen LogP contribution in [0.15, 0.2) is 12.7 Å². The Morgan fingerprint density at radius 1 is 1.73 bits per heavy atom. The van der Waals surface area contributed by atoms with E-state index in [1.165, 1.54) is 7.11 Å². The highest BCUT2D eigenvalue weighted by Gasteiger charge is 2.24. The Kier molecular flexibility index (Phi) is 5.79. The van der Waals surface area contributed by atoms with Crippen LogP contribution in [-0.4, -0.2) is 48.6 Å². The fourth-order valence-electron chi connectivity index (χ4n) is 1.70. The molecule has 0 saturated carbocycles. The van der Waals surface area contributed by atoms with Crippen molar-refractivity contribution < 1.29 is 9.53 Å². The molecule has 0 aromatic carbocycles. The van der Waals surface area contributed by atoms with Gasteiger partial charge in [0, 0.05) is 30.6 Å². The van der Waals surface area contributed by atoms with Gasteiger partial charge in [0.15, 0.2) is 0 Å². The molecule has 1 fully saturated rings. The van der Waals surface area contributed by atoms with Crippen LogP contribution in [0.2, 0.25) is 0 Å². The third-order valence-corrected chi connectivity index (χ3v) is 3.69. The van der Waals surface area contributed by atoms with Crippen LogP contribution in [-0.2, 0) is 9.53 Å². The van der Waals surface area contributed by atoms with Gasteiger partial charge in [0.1, 0.15) is 0 Å². The predicted octanol–water partition coefficient (Wildman–Crippen LogP) is 1.54. The molecule has 4 heteroatoms. The molecule has 0 bridgehead atoms. The van der Waals surface area contributed by atoms with Gasteiger partial charge in [-0.25, -0.2) is 0 Å². The van der Waals surface area contributed by atoms with Crippen molar-refractivity contribution in [2.45, 2.75) is 18.9 Å². The number of rotatable bonds is 5. The van der Waals surface area contributed by atoms with E-state index in [-0.39, 0.29) is 5.97 Å². The van der Waals surface area contributed by atoms with Crippen molar-refractivity contribution in [3.63, 3.8) is 0 Å². The standard InChI is InChI=1S/C11H19NO2S/c1-3-4-5-12-6-7-15-9-10(12)8-11(13)14-2/h3,10H,1,4-9H2,2H3. The van der Waals surface area contributed by atoms with Crippen molar-refractivity contribution >= 4 is 17.7 Å². The third-order valence-electron chi connectivity index (χ3n) is 2.60. The molecule has 0 aliphatic carbocycles. The number of nitrogens with zero attached hydrogens (tertiary/aromatic N) is 1. The lowest BCUT2D eigenvalue weighted by atomic mass is 10.2. The van der Waals surface area contributed by atoms with Gasteiger partial charge in [-0.3, -0.25) is 9.69 Å². The van der Waals surface area contributed by atoms with E-state index in [0.29, 0.717) is 12.5 Å². The van der Waals surface area contributed by atoms with E-state index in [1.807, 2.05) is 17.8 Å². The lowest BCUT2D eigenvalue weighted by molar-refractivity contribution is -0.141. The van der Waals surface area contributed by atoms with Crippen LogP contribution in [0.5, 0.6) is 0 Å². The molecular weight excluding hydrogens is 210 g/mol. The molecule has 1 aliphatic heterocycles. The number of thioether (sulfide) groups is 1. The summed E-state index contributed by atoms with van der Waals surface area (Å²) in [4.78, 5) is 13.6. The number of carbonyl (C=O) groups is 1. The van der Waals surface area contributed by atoms with Crippen molar-refractivity contribution in [3.8, 4) is 0 Å². The van der Waals surface area contributed by atoms with E-state index in [9.17, 15) is 4.79 Å². The summed E-state index contributed by atoms with van der Waals surface area (Å²) < 4.78 is 4.71. The highest BCUT2D eigenvalue weighted by atomic mass is 32.2. The van der Waals surface area contributed by atoms with E-state index in [1.54, 1.807) is 0 Å². The Hall–Kier alpha value is -0.480. The summed E-state index contributed by atoms with van der Waals surface area (Å²) in [6.07, 6.45) is 3.43. The number of carbonyl (C=O) groups excluding carboxylic acids is 1. The smallest absolute Gasteiger partial charge is 0.307 e. The molecular formula is C11H19NO2S. The first-order valence-corrected chi connectivity index (χ1v) is 6.43. The number of esters is 1. The number of methoxy groups -OCH3 is 1. The molecule has 1 saturated heterocycles. The largest absolute Gasteiger partial charge is 0.469 e. The van der Waals surface area contributed by atoms with Crippen LogP contribution in [0, 0.1) is 0 Å². The molecule has 0 N–H and O–H groups in total. The van der Waals surface area contributed by atoms with E-state index in [0.717, 1.165) is 31.0 Å². The quantitative estimate of drug-likeness (QED) is 0.528. The number of hydrogen-bond donors (Lipinski definition) is 0. The molecule has 0 spiro atoms. The van der Waals surface area contributed by atoms with Gasteiger partial charge in [-0.15, -0.1) is 6.58 Å². The molecule has 86 valence electrons. The fourth-order valence-corrected chi connectivity index (χ4v) is 2.84. The van der Waals surface area contributed by atoms with Crippen LogP contribution in [0.3, 0.4) is 0 Å². The lowest BCUT2D eigenvalue weighted by Crippen LogP contribution is -2.44. The van der Waals surface area contributed by atoms with Crippen LogP contribution in [0.25, 0.3) is 0 Å². The fraction of sp³-hybridized carbons (Fsp3) is 0.727. The second-order valence-electron chi connectivity index (χ2n) is 3.62. The minimum absolute atomic E-state index is 0.105. The maximum Gasteiger partial charge on any atom is 0.307 e. The van der Waals surface area contributed by atoms with Gasteiger partial charge in [-0.1, -0.05) is 6.08 Å². The maximum atomic E-state index is 11.2. The van der Waals surface area contributed by atoms with Gasteiger partial charge in [0.2, 0.25) is 0 Å². The Labute approximate surface area is 95.9 Å². The average molecular weight is 229 g/mol. The third kappa shape index (κ3) is 4.26. The monoisotopic (exact) mass is 229 g/mol. The van der Waals surface area contributed by atoms with Crippen molar-refractivity contribution in [2.24, 2.45) is 0 Å². The SMILES string of the molecule is C=CCCN1CCSCC1CC(=O)OC. The summed E-state index contributed by atoms with van der Waals surface area (Å²) in [5.41, 5.74) is 0. The van der Waals surface area contributed by atoms with Gasteiger partial charge in [-0.2, -0.15) is 11.8 Å². The first-order valence-electron chi connectivity index (χ1n) is 5.27. The lowest BCUT2D eigenvalue weighted by Gasteiger charge is -2.34. The Balaban J connectivity index is 2.41. The average Bonchev–Trinajstić information content (AvgIpc) is 2.28. The summed E-state index contributed by atoms with van der Waals surface area (Å²) in [6.45, 7) is 5.80. The molecule has 1 aliphatic rings. The maximum absolute atomic E-state index is 11.2. The summed E-state index contributed by atoms with van der Waals surface area (Å²) in [7, 11) is 1.45. The number of ether oxygens (including phenoxy) is 1. The summed E-state index contributed by atoms with van der Waals surface area (Å²) in [5.74, 6) is 2.09. The molecule has 0 radical (unpaired) electrons. The molecule has 0 amide bonds. The number of hydrogen-bond acceptors (Lipinski definition) is 4. The summed E-state index contributed by atoms with van der Waals surface area (Å²) in [6, 6.07) is 0.344.